The Morgan fingerprint density at radius 3 is 2.55 bits per heavy atom. The summed E-state index contributed by atoms with van der Waals surface area (Å²) in [6.07, 6.45) is 0. The van der Waals surface area contributed by atoms with Gasteiger partial charge < -0.3 is 4.74 Å². The van der Waals surface area contributed by atoms with E-state index in [1.54, 1.807) is 6.92 Å². The predicted molar refractivity (Wildman–Crippen MR) is 42.7 cm³/mol. The minimum atomic E-state index is -0.340. The Labute approximate surface area is 69.7 Å². The first-order chi connectivity index (χ1) is 5.15. The molecular weight excluding hydrogens is 167 g/mol. The number of ether oxygens (including phenoxy) is 1. The zero-order valence-corrected chi connectivity index (χ0v) is 7.07. The van der Waals surface area contributed by atoms with Gasteiger partial charge in [0.15, 0.2) is 0 Å². The summed E-state index contributed by atoms with van der Waals surface area (Å²) in [5.74, 6) is 0.196. The maximum absolute atomic E-state index is 12.6. The van der Waals surface area contributed by atoms with Gasteiger partial charge in [-0.25, -0.2) is 4.39 Å². The van der Waals surface area contributed by atoms with Crippen LogP contribution in [0.15, 0.2) is 12.1 Å². The molecule has 0 bridgehead atoms. The second-order valence-electron chi connectivity index (χ2n) is 2.24. The highest BCUT2D eigenvalue weighted by molar-refractivity contribution is 6.32. The molecule has 0 saturated heterocycles. The van der Waals surface area contributed by atoms with E-state index in [9.17, 15) is 4.39 Å². The average Bonchev–Trinajstić information content (AvgIpc) is 1.85. The highest BCUT2D eigenvalue weighted by Crippen LogP contribution is 2.28. The van der Waals surface area contributed by atoms with Crippen LogP contribution in [0, 0.1) is 12.7 Å². The van der Waals surface area contributed by atoms with E-state index in [1.165, 1.54) is 19.2 Å². The zero-order valence-electron chi connectivity index (χ0n) is 6.32. The van der Waals surface area contributed by atoms with E-state index in [2.05, 4.69) is 0 Å². The second-order valence-corrected chi connectivity index (χ2v) is 2.64. The van der Waals surface area contributed by atoms with Crippen LogP contribution in [0.3, 0.4) is 0 Å². The first kappa shape index (κ1) is 8.34. The highest BCUT2D eigenvalue weighted by Gasteiger charge is 2.05. The summed E-state index contributed by atoms with van der Waals surface area (Å²) in [5.41, 5.74) is 0.706. The molecule has 60 valence electrons. The van der Waals surface area contributed by atoms with Gasteiger partial charge in [-0.2, -0.15) is 0 Å². The average molecular weight is 175 g/mol. The van der Waals surface area contributed by atoms with Crippen molar-refractivity contribution in [3.63, 3.8) is 0 Å². The summed E-state index contributed by atoms with van der Waals surface area (Å²) in [7, 11) is 1.51. The van der Waals surface area contributed by atoms with Crippen LogP contribution in [0.1, 0.15) is 5.56 Å². The molecule has 1 aromatic rings. The summed E-state index contributed by atoms with van der Waals surface area (Å²) in [6.45, 7) is 1.74. The lowest BCUT2D eigenvalue weighted by molar-refractivity contribution is 0.410. The first-order valence-corrected chi connectivity index (χ1v) is 3.52. The van der Waals surface area contributed by atoms with Crippen LogP contribution < -0.4 is 4.74 Å². The van der Waals surface area contributed by atoms with Crippen LogP contribution in [0.2, 0.25) is 5.02 Å². The van der Waals surface area contributed by atoms with Crippen LogP contribution in [0.5, 0.6) is 5.75 Å². The first-order valence-electron chi connectivity index (χ1n) is 3.15. The minimum Gasteiger partial charge on any atom is -0.495 e. The number of aryl methyl sites for hydroxylation is 1. The molecule has 0 aliphatic carbocycles. The topological polar surface area (TPSA) is 9.23 Å². The molecule has 0 N–H and O–H groups in total. The standard InChI is InChI=1S/C8H8ClFO/c1-5-3-6(10)4-7(9)8(5)11-2/h3-4H,1-2H3. The van der Waals surface area contributed by atoms with Gasteiger partial charge in [0.2, 0.25) is 0 Å². The third-order valence-electron chi connectivity index (χ3n) is 1.40. The Bertz CT molecular complexity index is 250. The SMILES string of the molecule is COc1c(C)cc(F)cc1Cl. The highest BCUT2D eigenvalue weighted by atomic mass is 35.5. The molecule has 1 aromatic carbocycles. The maximum atomic E-state index is 12.6. The van der Waals surface area contributed by atoms with Crippen LogP contribution >= 0.6 is 11.6 Å². The van der Waals surface area contributed by atoms with Crippen molar-refractivity contribution in [3.05, 3.63) is 28.5 Å². The lowest BCUT2D eigenvalue weighted by atomic mass is 10.2. The maximum Gasteiger partial charge on any atom is 0.140 e. The molecule has 1 rings (SSSR count). The molecule has 0 fully saturated rings. The molecular formula is C8H8ClFO. The fraction of sp³-hybridized carbons (Fsp3) is 0.250. The molecule has 0 atom stereocenters. The smallest absolute Gasteiger partial charge is 0.140 e. The Morgan fingerprint density at radius 2 is 2.09 bits per heavy atom. The van der Waals surface area contributed by atoms with Gasteiger partial charge in [0.25, 0.3) is 0 Å². The van der Waals surface area contributed by atoms with Crippen molar-refractivity contribution in [1.29, 1.82) is 0 Å². The van der Waals surface area contributed by atoms with Crippen molar-refractivity contribution >= 4 is 11.6 Å². The largest absolute Gasteiger partial charge is 0.495 e. The van der Waals surface area contributed by atoms with E-state index < -0.39 is 0 Å². The molecule has 0 aromatic heterocycles. The zero-order chi connectivity index (χ0) is 8.43. The number of methoxy groups -OCH3 is 1. The van der Waals surface area contributed by atoms with E-state index in [4.69, 9.17) is 16.3 Å². The van der Waals surface area contributed by atoms with Crippen LogP contribution in [0.4, 0.5) is 4.39 Å². The van der Waals surface area contributed by atoms with Crippen molar-refractivity contribution in [2.24, 2.45) is 0 Å². The molecule has 0 aliphatic rings. The van der Waals surface area contributed by atoms with Gasteiger partial charge in [0.1, 0.15) is 11.6 Å². The summed E-state index contributed by atoms with van der Waals surface area (Å²) in [4.78, 5) is 0. The van der Waals surface area contributed by atoms with Crippen molar-refractivity contribution in [2.75, 3.05) is 7.11 Å². The summed E-state index contributed by atoms with van der Waals surface area (Å²) in [5, 5.41) is 0.310. The lowest BCUT2D eigenvalue weighted by Crippen LogP contribution is -1.89. The molecule has 0 amide bonds. The second kappa shape index (κ2) is 3.09. The molecule has 0 unspecified atom stereocenters. The van der Waals surface area contributed by atoms with Gasteiger partial charge in [0.05, 0.1) is 12.1 Å². The fourth-order valence-corrected chi connectivity index (χ4v) is 1.28. The van der Waals surface area contributed by atoms with Gasteiger partial charge in [-0.3, -0.25) is 0 Å². The van der Waals surface area contributed by atoms with Gasteiger partial charge in [0, 0.05) is 0 Å². The molecule has 0 aliphatic heterocycles. The molecule has 1 nitrogen and oxygen atoms in total. The van der Waals surface area contributed by atoms with Crippen LogP contribution in [-0.4, -0.2) is 7.11 Å². The summed E-state index contributed by atoms with van der Waals surface area (Å²) < 4.78 is 17.5. The van der Waals surface area contributed by atoms with Crippen molar-refractivity contribution in [2.45, 2.75) is 6.92 Å². The molecule has 0 heterocycles. The van der Waals surface area contributed by atoms with Crippen LogP contribution in [0.25, 0.3) is 0 Å². The van der Waals surface area contributed by atoms with E-state index in [-0.39, 0.29) is 5.82 Å². The number of rotatable bonds is 1. The van der Waals surface area contributed by atoms with Crippen molar-refractivity contribution < 1.29 is 9.13 Å². The Kier molecular flexibility index (Phi) is 2.35. The Hall–Kier alpha value is -0.760. The summed E-state index contributed by atoms with van der Waals surface area (Å²) in [6, 6.07) is 2.61. The number of benzene rings is 1. The third-order valence-corrected chi connectivity index (χ3v) is 1.68. The monoisotopic (exact) mass is 174 g/mol. The van der Waals surface area contributed by atoms with E-state index in [0.717, 1.165) is 0 Å². The summed E-state index contributed by atoms with van der Waals surface area (Å²) >= 11 is 5.67. The van der Waals surface area contributed by atoms with E-state index in [0.29, 0.717) is 16.3 Å². The van der Waals surface area contributed by atoms with Gasteiger partial charge >= 0.3 is 0 Å². The van der Waals surface area contributed by atoms with E-state index >= 15 is 0 Å². The van der Waals surface area contributed by atoms with Crippen molar-refractivity contribution in [3.8, 4) is 5.75 Å². The predicted octanol–water partition coefficient (Wildman–Crippen LogP) is 2.80. The molecule has 3 heteroatoms. The molecule has 0 radical (unpaired) electrons. The molecule has 0 spiro atoms. The third kappa shape index (κ3) is 1.63. The van der Waals surface area contributed by atoms with E-state index in [1.807, 2.05) is 0 Å². The normalized spacial score (nSPS) is 9.82. The van der Waals surface area contributed by atoms with Crippen LogP contribution in [-0.2, 0) is 0 Å². The number of halogens is 2. The Morgan fingerprint density at radius 1 is 1.45 bits per heavy atom. The minimum absolute atomic E-state index is 0.310. The number of hydrogen-bond acceptors (Lipinski definition) is 1. The number of hydrogen-bond donors (Lipinski definition) is 0. The quantitative estimate of drug-likeness (QED) is 0.636. The van der Waals surface area contributed by atoms with Crippen molar-refractivity contribution in [1.82, 2.24) is 0 Å². The Balaban J connectivity index is 3.25. The fourth-order valence-electron chi connectivity index (χ4n) is 0.948. The van der Waals surface area contributed by atoms with Gasteiger partial charge in [-0.1, -0.05) is 11.6 Å². The van der Waals surface area contributed by atoms with Gasteiger partial charge in [-0.05, 0) is 24.6 Å². The van der Waals surface area contributed by atoms with Gasteiger partial charge in [-0.15, -0.1) is 0 Å². The lowest BCUT2D eigenvalue weighted by Gasteiger charge is -2.05. The molecule has 0 saturated carbocycles. The molecule has 11 heavy (non-hydrogen) atoms.